The van der Waals surface area contributed by atoms with Gasteiger partial charge in [-0.3, -0.25) is 10.2 Å². The Hall–Kier alpha value is -3.52. The molecule has 2 atom stereocenters. The molecule has 2 aliphatic rings. The van der Waals surface area contributed by atoms with E-state index in [1.165, 1.54) is 0 Å². The van der Waals surface area contributed by atoms with E-state index in [-0.39, 0.29) is 5.91 Å². The molecule has 0 bridgehead atoms. The van der Waals surface area contributed by atoms with Crippen molar-refractivity contribution in [3.63, 3.8) is 0 Å². The van der Waals surface area contributed by atoms with Crippen LogP contribution in [0.15, 0.2) is 59.3 Å². The molecular formula is C27H35N5O3. The number of allylic oxidation sites excluding steroid dienone is 1. The minimum atomic E-state index is -0.153. The molecule has 4 rings (SSSR count). The minimum absolute atomic E-state index is 0.153. The van der Waals surface area contributed by atoms with E-state index in [9.17, 15) is 4.79 Å². The van der Waals surface area contributed by atoms with Crippen LogP contribution in [0.1, 0.15) is 42.6 Å². The molecule has 2 heterocycles. The van der Waals surface area contributed by atoms with E-state index in [1.807, 2.05) is 42.5 Å². The van der Waals surface area contributed by atoms with Crippen LogP contribution in [0.3, 0.4) is 0 Å². The van der Waals surface area contributed by atoms with E-state index < -0.39 is 0 Å². The summed E-state index contributed by atoms with van der Waals surface area (Å²) in [6.07, 6.45) is 4.26. The second-order valence-corrected chi connectivity index (χ2v) is 9.20. The van der Waals surface area contributed by atoms with Crippen LogP contribution in [0.5, 0.6) is 11.5 Å². The highest BCUT2D eigenvalue weighted by atomic mass is 16.5. The van der Waals surface area contributed by atoms with Gasteiger partial charge in [0.05, 0.1) is 14.2 Å². The van der Waals surface area contributed by atoms with Gasteiger partial charge in [0.25, 0.3) is 5.91 Å². The van der Waals surface area contributed by atoms with E-state index in [1.54, 1.807) is 14.2 Å². The maximum absolute atomic E-state index is 12.7. The van der Waals surface area contributed by atoms with Crippen molar-refractivity contribution in [1.29, 1.82) is 0 Å². The molecule has 186 valence electrons. The summed E-state index contributed by atoms with van der Waals surface area (Å²) in [5, 5.41) is 10.8. The van der Waals surface area contributed by atoms with Crippen molar-refractivity contribution >= 4 is 17.4 Å². The number of piperazine rings is 1. The zero-order chi connectivity index (χ0) is 24.8. The quantitative estimate of drug-likeness (QED) is 0.566. The standard InChI is InChI=1S/C27H35N5O3/c1-18-16-32(17-19(2)28-18)23-10-6-21(7-11-23)27(33)29-26-12-9-22(30-31-26)8-5-20-13-24(34-3)15-25(14-20)35-4/h6-7,9-11,13-15,18-19,28,30H,5,8,12,16-17H2,1-4H3,(H,29,31,33)/t18-,19?/m1/s1. The number of nitrogens with one attached hydrogen (secondary N) is 3. The van der Waals surface area contributed by atoms with Gasteiger partial charge in [-0.05, 0) is 68.7 Å². The lowest BCUT2D eigenvalue weighted by Crippen LogP contribution is -2.54. The fourth-order valence-electron chi connectivity index (χ4n) is 4.54. The van der Waals surface area contributed by atoms with Gasteiger partial charge in [0.2, 0.25) is 0 Å². The van der Waals surface area contributed by atoms with E-state index in [4.69, 9.17) is 9.47 Å². The third-order valence-corrected chi connectivity index (χ3v) is 6.28. The number of carbonyl (C=O) groups excluding carboxylic acids is 1. The maximum Gasteiger partial charge on any atom is 0.256 e. The van der Waals surface area contributed by atoms with Crippen LogP contribution in [0, 0.1) is 0 Å². The number of rotatable bonds is 7. The highest BCUT2D eigenvalue weighted by Gasteiger charge is 2.21. The van der Waals surface area contributed by atoms with Crippen molar-refractivity contribution in [1.82, 2.24) is 16.1 Å². The fraction of sp³-hybridized carbons (Fsp3) is 0.407. The normalized spacial score (nSPS) is 19.8. The first kappa shape index (κ1) is 24.6. The topological polar surface area (TPSA) is 87.2 Å². The Morgan fingerprint density at radius 3 is 2.26 bits per heavy atom. The number of nitrogens with zero attached hydrogens (tertiary/aromatic N) is 2. The summed E-state index contributed by atoms with van der Waals surface area (Å²) in [7, 11) is 3.30. The van der Waals surface area contributed by atoms with Gasteiger partial charge in [-0.25, -0.2) is 0 Å². The predicted octanol–water partition coefficient (Wildman–Crippen LogP) is 3.44. The summed E-state index contributed by atoms with van der Waals surface area (Å²) in [4.78, 5) is 15.1. The number of anilines is 1. The Bertz CT molecular complexity index is 1060. The van der Waals surface area contributed by atoms with Crippen LogP contribution in [0.25, 0.3) is 0 Å². The second-order valence-electron chi connectivity index (χ2n) is 9.20. The highest BCUT2D eigenvalue weighted by molar-refractivity contribution is 6.07. The van der Waals surface area contributed by atoms with Gasteiger partial charge >= 0.3 is 0 Å². The predicted molar refractivity (Wildman–Crippen MR) is 139 cm³/mol. The van der Waals surface area contributed by atoms with Crippen molar-refractivity contribution < 1.29 is 14.3 Å². The third kappa shape index (κ3) is 6.54. The summed E-state index contributed by atoms with van der Waals surface area (Å²) in [5.41, 5.74) is 6.98. The summed E-state index contributed by atoms with van der Waals surface area (Å²) in [6.45, 7) is 6.30. The lowest BCUT2D eigenvalue weighted by atomic mass is 10.1. The van der Waals surface area contributed by atoms with E-state index in [2.05, 4.69) is 46.0 Å². The Balaban J connectivity index is 1.27. The average molecular weight is 478 g/mol. The Morgan fingerprint density at radius 2 is 1.69 bits per heavy atom. The molecular weight excluding hydrogens is 442 g/mol. The zero-order valence-corrected chi connectivity index (χ0v) is 20.9. The molecule has 2 aromatic carbocycles. The molecule has 1 unspecified atom stereocenters. The van der Waals surface area contributed by atoms with Gasteiger partial charge in [0.1, 0.15) is 17.3 Å². The van der Waals surface area contributed by atoms with E-state index in [0.717, 1.165) is 54.4 Å². The lowest BCUT2D eigenvalue weighted by Gasteiger charge is -2.37. The summed E-state index contributed by atoms with van der Waals surface area (Å²) >= 11 is 0. The second kappa shape index (κ2) is 11.3. The number of benzene rings is 2. The molecule has 0 saturated carbocycles. The summed E-state index contributed by atoms with van der Waals surface area (Å²) < 4.78 is 10.7. The van der Waals surface area contributed by atoms with Crippen LogP contribution in [0.4, 0.5) is 5.69 Å². The van der Waals surface area contributed by atoms with Crippen LogP contribution in [-0.2, 0) is 6.42 Å². The number of hydrogen-bond donors (Lipinski definition) is 3. The maximum atomic E-state index is 12.7. The molecule has 1 amide bonds. The third-order valence-electron chi connectivity index (χ3n) is 6.28. The number of methoxy groups -OCH3 is 2. The monoisotopic (exact) mass is 477 g/mol. The molecule has 3 N–H and O–H groups in total. The van der Waals surface area contributed by atoms with Crippen molar-refractivity contribution in [3.05, 3.63) is 65.4 Å². The SMILES string of the molecule is COc1cc(CCC2=CCC(NC(=O)c3ccc(N4CC(C)N[C@H](C)C4)cc3)=NN2)cc(OC)c1. The Morgan fingerprint density at radius 1 is 1.03 bits per heavy atom. The van der Waals surface area contributed by atoms with Gasteiger partial charge in [-0.15, -0.1) is 0 Å². The minimum Gasteiger partial charge on any atom is -0.497 e. The Kier molecular flexibility index (Phi) is 7.92. The number of ether oxygens (including phenoxy) is 2. The van der Waals surface area contributed by atoms with Crippen molar-refractivity contribution in [3.8, 4) is 11.5 Å². The molecule has 1 saturated heterocycles. The number of hydrogen-bond acceptors (Lipinski definition) is 7. The van der Waals surface area contributed by atoms with Gasteiger partial charge in [-0.1, -0.05) is 6.08 Å². The number of amidine groups is 1. The van der Waals surface area contributed by atoms with Gasteiger partial charge in [0.15, 0.2) is 0 Å². The fourth-order valence-corrected chi connectivity index (χ4v) is 4.54. The lowest BCUT2D eigenvalue weighted by molar-refractivity contribution is 0.0976. The number of hydrazone groups is 1. The summed E-state index contributed by atoms with van der Waals surface area (Å²) in [5.74, 6) is 2.01. The largest absolute Gasteiger partial charge is 0.497 e. The molecule has 2 aromatic rings. The van der Waals surface area contributed by atoms with Gasteiger partial charge in [-0.2, -0.15) is 5.10 Å². The molecule has 0 aliphatic carbocycles. The molecule has 0 spiro atoms. The van der Waals surface area contributed by atoms with Crippen LogP contribution >= 0.6 is 0 Å². The smallest absolute Gasteiger partial charge is 0.256 e. The van der Waals surface area contributed by atoms with Crippen molar-refractivity contribution in [2.75, 3.05) is 32.2 Å². The first-order valence-electron chi connectivity index (χ1n) is 12.1. The Labute approximate surface area is 207 Å². The first-order chi connectivity index (χ1) is 16.9. The average Bonchev–Trinajstić information content (AvgIpc) is 2.87. The number of carbonyl (C=O) groups is 1. The number of amides is 1. The molecule has 8 heteroatoms. The molecule has 2 aliphatic heterocycles. The van der Waals surface area contributed by atoms with E-state index >= 15 is 0 Å². The van der Waals surface area contributed by atoms with Crippen LogP contribution in [-0.4, -0.2) is 51.1 Å². The van der Waals surface area contributed by atoms with E-state index in [0.29, 0.717) is 29.9 Å². The molecule has 1 fully saturated rings. The molecule has 8 nitrogen and oxygen atoms in total. The zero-order valence-electron chi connectivity index (χ0n) is 20.9. The van der Waals surface area contributed by atoms with Crippen LogP contribution in [0.2, 0.25) is 0 Å². The van der Waals surface area contributed by atoms with Crippen molar-refractivity contribution in [2.24, 2.45) is 5.10 Å². The van der Waals surface area contributed by atoms with Gasteiger partial charge < -0.3 is 25.0 Å². The number of aryl methyl sites for hydroxylation is 1. The van der Waals surface area contributed by atoms with Gasteiger partial charge in [0, 0.05) is 54.6 Å². The highest BCUT2D eigenvalue weighted by Crippen LogP contribution is 2.24. The molecule has 0 radical (unpaired) electrons. The summed E-state index contributed by atoms with van der Waals surface area (Å²) in [6, 6.07) is 14.6. The van der Waals surface area contributed by atoms with Crippen molar-refractivity contribution in [2.45, 2.75) is 45.2 Å². The molecule has 0 aromatic heterocycles. The molecule has 35 heavy (non-hydrogen) atoms. The van der Waals surface area contributed by atoms with Crippen LogP contribution < -0.4 is 30.4 Å². The first-order valence-corrected chi connectivity index (χ1v) is 12.1.